The topological polar surface area (TPSA) is 83.7 Å². The average Bonchev–Trinajstić information content (AvgIpc) is 3.04. The van der Waals surface area contributed by atoms with Gasteiger partial charge in [0.2, 0.25) is 10.0 Å². The minimum Gasteiger partial charge on any atom is -0.355 e. The second-order valence-corrected chi connectivity index (χ2v) is 7.38. The normalized spacial score (nSPS) is 16.5. The van der Waals surface area contributed by atoms with Crippen LogP contribution >= 0.6 is 0 Å². The molecule has 0 spiro atoms. The molecule has 1 aliphatic heterocycles. The molecule has 0 N–H and O–H groups in total. The van der Waals surface area contributed by atoms with Gasteiger partial charge in [0.1, 0.15) is 0 Å². The maximum Gasteiger partial charge on any atom is 0.276 e. The number of nitrogens with zero attached hydrogens (tertiary/aromatic N) is 3. The molecule has 1 fully saturated rings. The summed E-state index contributed by atoms with van der Waals surface area (Å²) in [6, 6.07) is 11.0. The third kappa shape index (κ3) is 3.43. The molecule has 2 heterocycles. The number of carbonyl (C=O) groups excluding carboxylic acids is 1. The van der Waals surface area contributed by atoms with Gasteiger partial charge in [0, 0.05) is 37.8 Å². The van der Waals surface area contributed by atoms with Crippen molar-refractivity contribution in [2.24, 2.45) is 0 Å². The van der Waals surface area contributed by atoms with E-state index < -0.39 is 10.0 Å². The summed E-state index contributed by atoms with van der Waals surface area (Å²) >= 11 is 0. The van der Waals surface area contributed by atoms with Gasteiger partial charge in [-0.05, 0) is 0 Å². The zero-order valence-electron chi connectivity index (χ0n) is 12.7. The third-order valence-corrected chi connectivity index (χ3v) is 5.09. The Morgan fingerprint density at radius 1 is 1.13 bits per heavy atom. The minimum atomic E-state index is -3.21. The molecule has 122 valence electrons. The van der Waals surface area contributed by atoms with Gasteiger partial charge in [-0.2, -0.15) is 4.31 Å². The van der Waals surface area contributed by atoms with Gasteiger partial charge in [0.25, 0.3) is 5.91 Å². The van der Waals surface area contributed by atoms with Crippen molar-refractivity contribution in [3.05, 3.63) is 42.1 Å². The summed E-state index contributed by atoms with van der Waals surface area (Å²) in [4.78, 5) is 14.0. The highest BCUT2D eigenvalue weighted by atomic mass is 32.2. The number of rotatable bonds is 3. The van der Waals surface area contributed by atoms with E-state index in [2.05, 4.69) is 5.16 Å². The Kier molecular flexibility index (Phi) is 4.18. The SMILES string of the molecule is CS(=O)(=O)N1CCN(C(=O)c2cc(-c3ccccc3)on2)CC1. The van der Waals surface area contributed by atoms with Crippen molar-refractivity contribution >= 4 is 15.9 Å². The van der Waals surface area contributed by atoms with Crippen molar-refractivity contribution in [3.63, 3.8) is 0 Å². The van der Waals surface area contributed by atoms with Crippen LogP contribution in [-0.4, -0.2) is 61.1 Å². The molecule has 7 nitrogen and oxygen atoms in total. The van der Waals surface area contributed by atoms with Crippen LogP contribution in [0.25, 0.3) is 11.3 Å². The highest BCUT2D eigenvalue weighted by Crippen LogP contribution is 2.20. The largest absolute Gasteiger partial charge is 0.355 e. The summed E-state index contributed by atoms with van der Waals surface area (Å²) in [7, 11) is -3.21. The third-order valence-electron chi connectivity index (χ3n) is 3.78. The average molecular weight is 335 g/mol. The van der Waals surface area contributed by atoms with Crippen molar-refractivity contribution in [3.8, 4) is 11.3 Å². The molecule has 0 atom stereocenters. The van der Waals surface area contributed by atoms with E-state index in [-0.39, 0.29) is 11.6 Å². The Balaban J connectivity index is 1.69. The van der Waals surface area contributed by atoms with Gasteiger partial charge in [0.05, 0.1) is 6.26 Å². The highest BCUT2D eigenvalue weighted by molar-refractivity contribution is 7.88. The first-order valence-corrected chi connectivity index (χ1v) is 9.06. The Hall–Kier alpha value is -2.19. The summed E-state index contributed by atoms with van der Waals surface area (Å²) in [5.74, 6) is 0.285. The lowest BCUT2D eigenvalue weighted by Crippen LogP contribution is -2.50. The molecule has 2 aromatic rings. The number of amides is 1. The van der Waals surface area contributed by atoms with Crippen LogP contribution in [0.2, 0.25) is 0 Å². The predicted molar refractivity (Wildman–Crippen MR) is 84.3 cm³/mol. The summed E-state index contributed by atoms with van der Waals surface area (Å²) in [6.07, 6.45) is 1.17. The van der Waals surface area contributed by atoms with Gasteiger partial charge in [0.15, 0.2) is 11.5 Å². The van der Waals surface area contributed by atoms with E-state index in [9.17, 15) is 13.2 Å². The highest BCUT2D eigenvalue weighted by Gasteiger charge is 2.28. The molecule has 1 aliphatic rings. The molecule has 8 heteroatoms. The van der Waals surface area contributed by atoms with Crippen LogP contribution in [0, 0.1) is 0 Å². The summed E-state index contributed by atoms with van der Waals surface area (Å²) in [5.41, 5.74) is 1.08. The molecule has 23 heavy (non-hydrogen) atoms. The fourth-order valence-electron chi connectivity index (χ4n) is 2.50. The summed E-state index contributed by atoms with van der Waals surface area (Å²) in [6.45, 7) is 1.29. The maximum absolute atomic E-state index is 12.4. The predicted octanol–water partition coefficient (Wildman–Crippen LogP) is 1.06. The molecular formula is C15H17N3O4S. The zero-order chi connectivity index (χ0) is 16.4. The van der Waals surface area contributed by atoms with E-state index in [1.165, 1.54) is 10.6 Å². The second kappa shape index (κ2) is 6.13. The number of benzene rings is 1. The molecule has 3 rings (SSSR count). The summed E-state index contributed by atoms with van der Waals surface area (Å²) in [5, 5.41) is 3.84. The fourth-order valence-corrected chi connectivity index (χ4v) is 3.33. The minimum absolute atomic E-state index is 0.233. The number of carbonyl (C=O) groups is 1. The van der Waals surface area contributed by atoms with Gasteiger partial charge >= 0.3 is 0 Å². The standard InChI is InChI=1S/C15H17N3O4S/c1-23(20,21)18-9-7-17(8-10-18)15(19)13-11-14(22-16-13)12-5-3-2-4-6-12/h2-6,11H,7-10H2,1H3. The molecule has 1 saturated heterocycles. The van der Waals surface area contributed by atoms with Gasteiger partial charge in [-0.15, -0.1) is 0 Å². The zero-order valence-corrected chi connectivity index (χ0v) is 13.5. The van der Waals surface area contributed by atoms with Crippen LogP contribution in [0.1, 0.15) is 10.5 Å². The first kappa shape index (κ1) is 15.7. The molecule has 1 aromatic carbocycles. The number of aromatic nitrogens is 1. The van der Waals surface area contributed by atoms with Crippen LogP contribution in [0.5, 0.6) is 0 Å². The van der Waals surface area contributed by atoms with E-state index in [0.717, 1.165) is 5.56 Å². The summed E-state index contributed by atoms with van der Waals surface area (Å²) < 4.78 is 29.6. The molecule has 1 amide bonds. The van der Waals surface area contributed by atoms with E-state index in [0.29, 0.717) is 31.9 Å². The molecule has 0 unspecified atom stereocenters. The Bertz CT molecular complexity index is 793. The first-order chi connectivity index (χ1) is 10.9. The van der Waals surface area contributed by atoms with Crippen LogP contribution in [0.15, 0.2) is 40.9 Å². The van der Waals surface area contributed by atoms with E-state index >= 15 is 0 Å². The van der Waals surface area contributed by atoms with Crippen LogP contribution in [0.4, 0.5) is 0 Å². The smallest absolute Gasteiger partial charge is 0.276 e. The molecule has 1 aromatic heterocycles. The second-order valence-electron chi connectivity index (χ2n) is 5.40. The van der Waals surface area contributed by atoms with E-state index in [1.807, 2.05) is 30.3 Å². The van der Waals surface area contributed by atoms with E-state index in [4.69, 9.17) is 4.52 Å². The van der Waals surface area contributed by atoms with Crippen molar-refractivity contribution in [2.45, 2.75) is 0 Å². The van der Waals surface area contributed by atoms with E-state index in [1.54, 1.807) is 11.0 Å². The monoisotopic (exact) mass is 335 g/mol. The quantitative estimate of drug-likeness (QED) is 0.837. The molecule has 0 saturated carbocycles. The lowest BCUT2D eigenvalue weighted by Gasteiger charge is -2.32. The van der Waals surface area contributed by atoms with Gasteiger partial charge in [-0.3, -0.25) is 4.79 Å². The molecule has 0 aliphatic carbocycles. The molecule has 0 radical (unpaired) electrons. The van der Waals surface area contributed by atoms with Crippen molar-refractivity contribution < 1.29 is 17.7 Å². The van der Waals surface area contributed by atoms with Gasteiger partial charge in [-0.25, -0.2) is 8.42 Å². The Morgan fingerprint density at radius 3 is 2.39 bits per heavy atom. The lowest BCUT2D eigenvalue weighted by molar-refractivity contribution is 0.0688. The maximum atomic E-state index is 12.4. The van der Waals surface area contributed by atoms with Crippen molar-refractivity contribution in [1.82, 2.24) is 14.4 Å². The number of piperazine rings is 1. The fraction of sp³-hybridized carbons (Fsp3) is 0.333. The van der Waals surface area contributed by atoms with Crippen LogP contribution < -0.4 is 0 Å². The first-order valence-electron chi connectivity index (χ1n) is 7.22. The number of hydrogen-bond acceptors (Lipinski definition) is 5. The Labute approximate surface area is 134 Å². The van der Waals surface area contributed by atoms with Crippen molar-refractivity contribution in [2.75, 3.05) is 32.4 Å². The van der Waals surface area contributed by atoms with Crippen molar-refractivity contribution in [1.29, 1.82) is 0 Å². The molecule has 0 bridgehead atoms. The molecular weight excluding hydrogens is 318 g/mol. The Morgan fingerprint density at radius 2 is 1.78 bits per heavy atom. The van der Waals surface area contributed by atoms with Gasteiger partial charge in [-0.1, -0.05) is 35.5 Å². The lowest BCUT2D eigenvalue weighted by atomic mass is 10.1. The van der Waals surface area contributed by atoms with Crippen LogP contribution in [0.3, 0.4) is 0 Å². The van der Waals surface area contributed by atoms with Crippen LogP contribution in [-0.2, 0) is 10.0 Å². The van der Waals surface area contributed by atoms with Gasteiger partial charge < -0.3 is 9.42 Å². The number of sulfonamides is 1. The number of hydrogen-bond donors (Lipinski definition) is 0.